The first-order chi connectivity index (χ1) is 15.1. The van der Waals surface area contributed by atoms with Gasteiger partial charge in [-0.3, -0.25) is 5.32 Å². The molecule has 0 aliphatic carbocycles. The first-order valence-electron chi connectivity index (χ1n) is 10.7. The Bertz CT molecular complexity index is 933. The summed E-state index contributed by atoms with van der Waals surface area (Å²) in [6, 6.07) is 7.81. The number of allylic oxidation sites excluding steroid dienone is 1. The van der Waals surface area contributed by atoms with E-state index >= 15 is 0 Å². The van der Waals surface area contributed by atoms with Crippen LogP contribution in [-0.2, 0) is 6.42 Å². The number of carbonyl (C=O) groups is 1. The van der Waals surface area contributed by atoms with Crippen molar-refractivity contribution in [2.45, 2.75) is 33.1 Å². The van der Waals surface area contributed by atoms with Crippen molar-refractivity contribution in [2.75, 3.05) is 29.9 Å². The number of amides is 2. The topological polar surface area (TPSA) is 109 Å². The highest BCUT2D eigenvalue weighted by Gasteiger charge is 2.21. The van der Waals surface area contributed by atoms with Gasteiger partial charge in [-0.15, -0.1) is 0 Å². The van der Waals surface area contributed by atoms with Gasteiger partial charge >= 0.3 is 6.03 Å². The highest BCUT2D eigenvalue weighted by atomic mass is 16.2. The molecule has 0 spiro atoms. The maximum atomic E-state index is 11.7. The Kier molecular flexibility index (Phi) is 7.98. The molecule has 1 aliphatic heterocycles. The lowest BCUT2D eigenvalue weighted by Crippen LogP contribution is -2.34. The van der Waals surface area contributed by atoms with Gasteiger partial charge in [0.15, 0.2) is 5.82 Å². The maximum absolute atomic E-state index is 11.7. The summed E-state index contributed by atoms with van der Waals surface area (Å²) in [6.07, 6.45) is 9.74. The molecule has 1 fully saturated rings. The van der Waals surface area contributed by atoms with Crippen molar-refractivity contribution in [3.63, 3.8) is 0 Å². The Morgan fingerprint density at radius 2 is 2.13 bits per heavy atom. The lowest BCUT2D eigenvalue weighted by molar-refractivity contribution is 0.252. The van der Waals surface area contributed by atoms with E-state index in [2.05, 4.69) is 36.6 Å². The number of nitrogens with two attached hydrogens (primary N) is 1. The third-order valence-corrected chi connectivity index (χ3v) is 5.33. The molecule has 0 bridgehead atoms. The molecule has 0 atom stereocenters. The number of urea groups is 1. The van der Waals surface area contributed by atoms with Crippen LogP contribution in [-0.4, -0.2) is 41.8 Å². The molecule has 2 aromatic heterocycles. The van der Waals surface area contributed by atoms with E-state index in [1.54, 1.807) is 18.5 Å². The van der Waals surface area contributed by atoms with Crippen LogP contribution in [0.2, 0.25) is 0 Å². The van der Waals surface area contributed by atoms with E-state index in [9.17, 15) is 4.79 Å². The number of piperidine rings is 1. The number of rotatable bonds is 7. The van der Waals surface area contributed by atoms with Crippen LogP contribution in [0.1, 0.15) is 31.0 Å². The minimum atomic E-state index is -0.225. The molecule has 3 heterocycles. The third-order valence-electron chi connectivity index (χ3n) is 5.33. The average Bonchev–Trinajstić information content (AvgIpc) is 2.75. The first kappa shape index (κ1) is 22.3. The molecule has 2 amide bonds. The number of pyridine rings is 2. The summed E-state index contributed by atoms with van der Waals surface area (Å²) >= 11 is 0. The van der Waals surface area contributed by atoms with E-state index in [0.717, 1.165) is 38.0 Å². The zero-order valence-corrected chi connectivity index (χ0v) is 18.2. The Morgan fingerprint density at radius 3 is 2.84 bits per heavy atom. The van der Waals surface area contributed by atoms with Gasteiger partial charge in [-0.25, -0.2) is 19.8 Å². The molecule has 4 N–H and O–H groups in total. The molecular weight excluding hydrogens is 390 g/mol. The summed E-state index contributed by atoms with van der Waals surface area (Å²) in [5.41, 5.74) is 8.68. The van der Waals surface area contributed by atoms with Crippen molar-refractivity contribution < 1.29 is 4.79 Å². The highest BCUT2D eigenvalue weighted by Crippen LogP contribution is 2.28. The molecule has 2 aromatic rings. The molecule has 164 valence electrons. The van der Waals surface area contributed by atoms with Crippen molar-refractivity contribution in [3.8, 4) is 0 Å². The third kappa shape index (κ3) is 6.53. The lowest BCUT2D eigenvalue weighted by atomic mass is 9.90. The molecule has 31 heavy (non-hydrogen) atoms. The molecule has 0 unspecified atom stereocenters. The first-order valence-corrected chi connectivity index (χ1v) is 10.7. The molecule has 1 saturated heterocycles. The zero-order chi connectivity index (χ0) is 22.1. The fraction of sp³-hybridized carbons (Fsp3) is 0.391. The van der Waals surface area contributed by atoms with E-state index in [-0.39, 0.29) is 6.03 Å². The molecule has 3 rings (SSSR count). The molecule has 0 aromatic carbocycles. The second-order valence-electron chi connectivity index (χ2n) is 7.61. The SMILES string of the molecule is CCNC(=O)Nc1cc(CC2CCN(c3ccc(N=C/C=C\N)nc3C)CC2)ccn1. The van der Waals surface area contributed by atoms with Gasteiger partial charge in [0, 0.05) is 32.0 Å². The number of hydrogen-bond donors (Lipinski definition) is 3. The summed E-state index contributed by atoms with van der Waals surface area (Å²) in [5, 5.41) is 5.50. The Balaban J connectivity index is 1.55. The number of aliphatic imine (C=N–C) groups is 1. The number of hydrogen-bond acceptors (Lipinski definition) is 6. The van der Waals surface area contributed by atoms with Crippen molar-refractivity contribution in [1.29, 1.82) is 0 Å². The van der Waals surface area contributed by atoms with Crippen LogP contribution in [0.5, 0.6) is 0 Å². The predicted molar refractivity (Wildman–Crippen MR) is 126 cm³/mol. The fourth-order valence-corrected chi connectivity index (χ4v) is 3.82. The van der Waals surface area contributed by atoms with Gasteiger partial charge in [-0.05, 0) is 81.1 Å². The number of aromatic nitrogens is 2. The summed E-state index contributed by atoms with van der Waals surface area (Å²) in [7, 11) is 0. The van der Waals surface area contributed by atoms with Crippen LogP contribution < -0.4 is 21.3 Å². The molecule has 1 aliphatic rings. The van der Waals surface area contributed by atoms with Crippen LogP contribution in [0.4, 0.5) is 22.1 Å². The van der Waals surface area contributed by atoms with Crippen molar-refractivity contribution in [2.24, 2.45) is 16.6 Å². The summed E-state index contributed by atoms with van der Waals surface area (Å²) < 4.78 is 0. The summed E-state index contributed by atoms with van der Waals surface area (Å²) in [5.74, 6) is 1.88. The van der Waals surface area contributed by atoms with E-state index < -0.39 is 0 Å². The van der Waals surface area contributed by atoms with Crippen LogP contribution in [0, 0.1) is 12.8 Å². The monoisotopic (exact) mass is 421 g/mol. The minimum Gasteiger partial charge on any atom is -0.405 e. The predicted octanol–water partition coefficient (Wildman–Crippen LogP) is 3.56. The van der Waals surface area contributed by atoms with E-state index in [0.29, 0.717) is 24.1 Å². The minimum absolute atomic E-state index is 0.225. The Hall–Kier alpha value is -3.42. The van der Waals surface area contributed by atoms with Crippen molar-refractivity contribution >= 4 is 29.6 Å². The van der Waals surface area contributed by atoms with Gasteiger partial charge < -0.3 is 16.0 Å². The smallest absolute Gasteiger partial charge is 0.320 e. The zero-order valence-electron chi connectivity index (χ0n) is 18.2. The summed E-state index contributed by atoms with van der Waals surface area (Å²) in [4.78, 5) is 27.2. The number of nitrogens with zero attached hydrogens (tertiary/aromatic N) is 4. The van der Waals surface area contributed by atoms with E-state index in [1.165, 1.54) is 17.5 Å². The van der Waals surface area contributed by atoms with E-state index in [4.69, 9.17) is 5.73 Å². The van der Waals surface area contributed by atoms with E-state index in [1.807, 2.05) is 32.0 Å². The standard InChI is InChI=1S/C23H31N7O/c1-3-25-23(31)29-22-16-19(7-12-27-22)15-18-8-13-30(14-9-18)20-5-6-21(28-17(20)2)26-11-4-10-24/h4-7,10-12,16,18H,3,8-9,13-15,24H2,1-2H3,(H2,25,27,29,31)/b10-4-,26-11?. The van der Waals surface area contributed by atoms with Gasteiger partial charge in [-0.1, -0.05) is 0 Å². The second-order valence-corrected chi connectivity index (χ2v) is 7.61. The van der Waals surface area contributed by atoms with Gasteiger partial charge in [0.25, 0.3) is 0 Å². The fourth-order valence-electron chi connectivity index (χ4n) is 3.82. The lowest BCUT2D eigenvalue weighted by Gasteiger charge is -2.34. The quantitative estimate of drug-likeness (QED) is 0.592. The van der Waals surface area contributed by atoms with Crippen molar-refractivity contribution in [1.82, 2.24) is 15.3 Å². The Morgan fingerprint density at radius 1 is 1.32 bits per heavy atom. The highest BCUT2D eigenvalue weighted by molar-refractivity contribution is 5.88. The van der Waals surface area contributed by atoms with Crippen LogP contribution in [0.15, 0.2) is 47.7 Å². The van der Waals surface area contributed by atoms with Gasteiger partial charge in [0.05, 0.1) is 11.4 Å². The molecule has 8 heteroatoms. The maximum Gasteiger partial charge on any atom is 0.320 e. The van der Waals surface area contributed by atoms with Gasteiger partial charge in [0.2, 0.25) is 0 Å². The molecule has 8 nitrogen and oxygen atoms in total. The number of nitrogens with one attached hydrogen (secondary N) is 2. The molecule has 0 saturated carbocycles. The van der Waals surface area contributed by atoms with Crippen LogP contribution in [0.3, 0.4) is 0 Å². The second kappa shape index (κ2) is 11.1. The average molecular weight is 422 g/mol. The summed E-state index contributed by atoms with van der Waals surface area (Å²) in [6.45, 7) is 6.50. The van der Waals surface area contributed by atoms with Gasteiger partial charge in [0.1, 0.15) is 5.82 Å². The normalized spacial score (nSPS) is 15.0. The van der Waals surface area contributed by atoms with Gasteiger partial charge in [-0.2, -0.15) is 0 Å². The largest absolute Gasteiger partial charge is 0.405 e. The number of aryl methyl sites for hydroxylation is 1. The number of carbonyl (C=O) groups excluding carboxylic acids is 1. The van der Waals surface area contributed by atoms with Crippen molar-refractivity contribution in [3.05, 3.63) is 54.0 Å². The molecular formula is C23H31N7O. The van der Waals surface area contributed by atoms with Crippen LogP contribution >= 0.6 is 0 Å². The Labute approximate surface area is 183 Å². The number of anilines is 2. The van der Waals surface area contributed by atoms with Crippen LogP contribution in [0.25, 0.3) is 0 Å². The molecule has 0 radical (unpaired) electrons.